The van der Waals surface area contributed by atoms with Crippen LogP contribution in [0.3, 0.4) is 0 Å². The molecule has 0 spiro atoms. The maximum absolute atomic E-state index is 12.6. The predicted octanol–water partition coefficient (Wildman–Crippen LogP) is 0.927. The number of hydrogen-bond donors (Lipinski definition) is 1. The summed E-state index contributed by atoms with van der Waals surface area (Å²) in [4.78, 5) is 16.9. The highest BCUT2D eigenvalue weighted by Crippen LogP contribution is 2.31. The molecule has 104 valence electrons. The number of piperidine rings is 1. The molecule has 2 aliphatic rings. The molecule has 4 heteroatoms. The standard InChI is InChI=1S/C14H27N3O/c1-14(2)7-5-8-15-12(14)13(18)17-9-6-11(10-17)16(3)4/h11-12,15H,5-10H2,1-4H3. The molecular weight excluding hydrogens is 226 g/mol. The first-order valence-electron chi connectivity index (χ1n) is 7.10. The number of nitrogens with one attached hydrogen (secondary N) is 1. The van der Waals surface area contributed by atoms with Gasteiger partial charge < -0.3 is 15.1 Å². The van der Waals surface area contributed by atoms with Crippen LogP contribution in [0.25, 0.3) is 0 Å². The molecule has 2 saturated heterocycles. The first kappa shape index (κ1) is 13.8. The maximum atomic E-state index is 12.6. The Kier molecular flexibility index (Phi) is 3.97. The zero-order valence-electron chi connectivity index (χ0n) is 12.2. The molecule has 0 aromatic rings. The van der Waals surface area contributed by atoms with Crippen molar-refractivity contribution in [3.05, 3.63) is 0 Å². The molecule has 0 bridgehead atoms. The Labute approximate surface area is 111 Å². The summed E-state index contributed by atoms with van der Waals surface area (Å²) in [6.45, 7) is 7.20. The molecule has 1 amide bonds. The largest absolute Gasteiger partial charge is 0.340 e. The van der Waals surface area contributed by atoms with Crippen molar-refractivity contribution in [2.75, 3.05) is 33.7 Å². The van der Waals surface area contributed by atoms with E-state index in [1.807, 2.05) is 0 Å². The summed E-state index contributed by atoms with van der Waals surface area (Å²) in [7, 11) is 4.20. The van der Waals surface area contributed by atoms with E-state index in [-0.39, 0.29) is 11.5 Å². The number of carbonyl (C=O) groups excluding carboxylic acids is 1. The highest BCUT2D eigenvalue weighted by atomic mass is 16.2. The van der Waals surface area contributed by atoms with Crippen LogP contribution in [0.15, 0.2) is 0 Å². The lowest BCUT2D eigenvalue weighted by Crippen LogP contribution is -2.56. The van der Waals surface area contributed by atoms with Gasteiger partial charge in [0.15, 0.2) is 0 Å². The van der Waals surface area contributed by atoms with Crippen molar-refractivity contribution in [3.8, 4) is 0 Å². The summed E-state index contributed by atoms with van der Waals surface area (Å²) in [5.41, 5.74) is 0.0888. The third kappa shape index (κ3) is 2.69. The normalized spacial score (nSPS) is 31.9. The van der Waals surface area contributed by atoms with Gasteiger partial charge in [0.1, 0.15) is 0 Å². The minimum Gasteiger partial charge on any atom is -0.340 e. The number of hydrogen-bond acceptors (Lipinski definition) is 3. The van der Waals surface area contributed by atoms with Crippen molar-refractivity contribution in [2.45, 2.75) is 45.2 Å². The van der Waals surface area contributed by atoms with Gasteiger partial charge in [-0.25, -0.2) is 0 Å². The Morgan fingerprint density at radius 2 is 2.11 bits per heavy atom. The smallest absolute Gasteiger partial charge is 0.240 e. The van der Waals surface area contributed by atoms with Gasteiger partial charge in [0.2, 0.25) is 5.91 Å². The van der Waals surface area contributed by atoms with Gasteiger partial charge in [-0.1, -0.05) is 13.8 Å². The van der Waals surface area contributed by atoms with Crippen molar-refractivity contribution in [3.63, 3.8) is 0 Å². The molecule has 2 unspecified atom stereocenters. The fourth-order valence-electron chi connectivity index (χ4n) is 3.18. The molecule has 0 saturated carbocycles. The van der Waals surface area contributed by atoms with Crippen LogP contribution >= 0.6 is 0 Å². The second-order valence-electron chi connectivity index (χ2n) is 6.67. The Balaban J connectivity index is 1.99. The van der Waals surface area contributed by atoms with E-state index in [9.17, 15) is 4.79 Å². The molecular formula is C14H27N3O. The molecule has 0 radical (unpaired) electrons. The van der Waals surface area contributed by atoms with Crippen molar-refractivity contribution >= 4 is 5.91 Å². The number of carbonyl (C=O) groups is 1. The Hall–Kier alpha value is -0.610. The predicted molar refractivity (Wildman–Crippen MR) is 73.5 cm³/mol. The fourth-order valence-corrected chi connectivity index (χ4v) is 3.18. The SMILES string of the molecule is CN(C)C1CCN(C(=O)C2NCCCC2(C)C)C1. The average Bonchev–Trinajstić information content (AvgIpc) is 2.77. The van der Waals surface area contributed by atoms with Gasteiger partial charge >= 0.3 is 0 Å². The first-order chi connectivity index (χ1) is 8.42. The van der Waals surface area contributed by atoms with Crippen molar-refractivity contribution in [1.29, 1.82) is 0 Å². The van der Waals surface area contributed by atoms with Crippen LogP contribution in [0.1, 0.15) is 33.1 Å². The second-order valence-corrected chi connectivity index (χ2v) is 6.67. The van der Waals surface area contributed by atoms with Gasteiger partial charge in [-0.05, 0) is 45.3 Å². The molecule has 2 heterocycles. The molecule has 2 atom stereocenters. The van der Waals surface area contributed by atoms with E-state index < -0.39 is 0 Å². The van der Waals surface area contributed by atoms with E-state index in [1.165, 1.54) is 6.42 Å². The number of nitrogens with zero attached hydrogens (tertiary/aromatic N) is 2. The van der Waals surface area contributed by atoms with E-state index in [2.05, 4.69) is 43.1 Å². The van der Waals surface area contributed by atoms with Crippen LogP contribution in [-0.2, 0) is 4.79 Å². The molecule has 4 nitrogen and oxygen atoms in total. The highest BCUT2D eigenvalue weighted by Gasteiger charge is 2.40. The number of likely N-dealkylation sites (tertiary alicyclic amines) is 1. The molecule has 2 rings (SSSR count). The summed E-state index contributed by atoms with van der Waals surface area (Å²) < 4.78 is 0. The molecule has 2 aliphatic heterocycles. The van der Waals surface area contributed by atoms with Gasteiger partial charge in [0.25, 0.3) is 0 Å². The Morgan fingerprint density at radius 1 is 1.39 bits per heavy atom. The molecule has 1 N–H and O–H groups in total. The summed E-state index contributed by atoms with van der Waals surface area (Å²) in [5, 5.41) is 3.43. The summed E-state index contributed by atoms with van der Waals surface area (Å²) in [6.07, 6.45) is 3.42. The average molecular weight is 253 g/mol. The zero-order valence-corrected chi connectivity index (χ0v) is 12.2. The van der Waals surface area contributed by atoms with Crippen LogP contribution in [-0.4, -0.2) is 61.5 Å². The van der Waals surface area contributed by atoms with Crippen LogP contribution < -0.4 is 5.32 Å². The minimum absolute atomic E-state index is 0.00663. The summed E-state index contributed by atoms with van der Waals surface area (Å²) in [5.74, 6) is 0.309. The number of likely N-dealkylation sites (N-methyl/N-ethyl adjacent to an activating group) is 1. The van der Waals surface area contributed by atoms with Crippen molar-refractivity contribution in [1.82, 2.24) is 15.1 Å². The lowest BCUT2D eigenvalue weighted by Gasteiger charge is -2.40. The number of rotatable bonds is 2. The second kappa shape index (κ2) is 5.17. The van der Waals surface area contributed by atoms with E-state index in [1.54, 1.807) is 0 Å². The Bertz CT molecular complexity index is 314. The van der Waals surface area contributed by atoms with Crippen molar-refractivity contribution in [2.24, 2.45) is 5.41 Å². The highest BCUT2D eigenvalue weighted by molar-refractivity contribution is 5.83. The summed E-state index contributed by atoms with van der Waals surface area (Å²) >= 11 is 0. The van der Waals surface area contributed by atoms with Crippen LogP contribution in [0.4, 0.5) is 0 Å². The fraction of sp³-hybridized carbons (Fsp3) is 0.929. The van der Waals surface area contributed by atoms with Gasteiger partial charge in [0.05, 0.1) is 6.04 Å². The molecule has 0 aliphatic carbocycles. The molecule has 0 aromatic carbocycles. The van der Waals surface area contributed by atoms with Gasteiger partial charge in [-0.2, -0.15) is 0 Å². The van der Waals surface area contributed by atoms with Crippen LogP contribution in [0.2, 0.25) is 0 Å². The van der Waals surface area contributed by atoms with Gasteiger partial charge in [0, 0.05) is 19.1 Å². The third-order valence-corrected chi connectivity index (χ3v) is 4.58. The van der Waals surface area contributed by atoms with Crippen molar-refractivity contribution < 1.29 is 4.79 Å². The molecule has 2 fully saturated rings. The van der Waals surface area contributed by atoms with Gasteiger partial charge in [-0.3, -0.25) is 4.79 Å². The van der Waals surface area contributed by atoms with Crippen LogP contribution in [0.5, 0.6) is 0 Å². The van der Waals surface area contributed by atoms with E-state index >= 15 is 0 Å². The summed E-state index contributed by atoms with van der Waals surface area (Å²) in [6, 6.07) is 0.535. The lowest BCUT2D eigenvalue weighted by molar-refractivity contribution is -0.136. The quantitative estimate of drug-likeness (QED) is 0.795. The third-order valence-electron chi connectivity index (χ3n) is 4.58. The minimum atomic E-state index is 0.00663. The zero-order chi connectivity index (χ0) is 13.3. The maximum Gasteiger partial charge on any atom is 0.240 e. The monoisotopic (exact) mass is 253 g/mol. The lowest BCUT2D eigenvalue weighted by atomic mass is 9.77. The van der Waals surface area contributed by atoms with Crippen LogP contribution in [0, 0.1) is 5.41 Å². The number of amides is 1. The first-order valence-corrected chi connectivity index (χ1v) is 7.10. The van der Waals surface area contributed by atoms with Gasteiger partial charge in [-0.15, -0.1) is 0 Å². The topological polar surface area (TPSA) is 35.6 Å². The Morgan fingerprint density at radius 3 is 2.67 bits per heavy atom. The van der Waals surface area contributed by atoms with E-state index in [0.29, 0.717) is 11.9 Å². The van der Waals surface area contributed by atoms with E-state index in [0.717, 1.165) is 32.5 Å². The molecule has 0 aromatic heterocycles. The van der Waals surface area contributed by atoms with E-state index in [4.69, 9.17) is 0 Å². The molecule has 18 heavy (non-hydrogen) atoms.